The number of nitrogens with one attached hydrogen (secondary N) is 16. The summed E-state index contributed by atoms with van der Waals surface area (Å²) in [5.41, 5.74) is 25.5. The maximum absolute atomic E-state index is 14.7. The molecule has 3 aromatic carbocycles. The minimum Gasteiger partial charge on any atom is -0.508 e. The molecular formula is C81H121N21O27+2. The number of aliphatic hydroxyl groups is 2. The second kappa shape index (κ2) is 55.1. The molecule has 0 spiro atoms. The monoisotopic (exact) mass is 1820 g/mol. The molecule has 36 N–H and O–H groups in total. The number of primary amides is 1. The number of aliphatic carboxylic acids is 4. The highest BCUT2D eigenvalue weighted by Gasteiger charge is 2.40. The third-order valence-corrected chi connectivity index (χ3v) is 20.3. The Morgan fingerprint density at radius 3 is 1.28 bits per heavy atom. The summed E-state index contributed by atoms with van der Waals surface area (Å²) in [6, 6.07) is -5.04. The zero-order chi connectivity index (χ0) is 96.3. The molecule has 15 amide bonds. The second-order valence-corrected chi connectivity index (χ2v) is 30.8. The number of aliphatic hydroxyl groups excluding tert-OH is 2. The van der Waals surface area contributed by atoms with Gasteiger partial charge in [-0.25, -0.2) is 4.79 Å². The molecule has 0 aliphatic rings. The number of carboxylic acids is 4. The van der Waals surface area contributed by atoms with Crippen molar-refractivity contribution in [2.24, 2.45) is 29.0 Å². The number of quaternary nitrogens is 2. The Balaban J connectivity index is 1.58. The first-order chi connectivity index (χ1) is 61.0. The molecule has 710 valence electrons. The van der Waals surface area contributed by atoms with E-state index in [0.717, 1.165) is 0 Å². The van der Waals surface area contributed by atoms with Crippen LogP contribution in [0.3, 0.4) is 0 Å². The van der Waals surface area contributed by atoms with E-state index in [0.29, 0.717) is 40.6 Å². The molecule has 1 heterocycles. The molecule has 0 saturated carbocycles. The Morgan fingerprint density at radius 1 is 0.419 bits per heavy atom. The normalized spacial score (nSPS) is 14.4. The lowest BCUT2D eigenvalue weighted by Crippen LogP contribution is -2.62. The van der Waals surface area contributed by atoms with E-state index in [1.54, 1.807) is 31.2 Å². The predicted octanol–water partition coefficient (Wildman–Crippen LogP) is -9.51. The lowest BCUT2D eigenvalue weighted by atomic mass is 9.96. The van der Waals surface area contributed by atoms with E-state index in [1.165, 1.54) is 75.5 Å². The first-order valence-electron chi connectivity index (χ1n) is 41.5. The highest BCUT2D eigenvalue weighted by Crippen LogP contribution is 2.22. The van der Waals surface area contributed by atoms with E-state index in [1.807, 2.05) is 0 Å². The molecule has 14 atom stereocenters. The van der Waals surface area contributed by atoms with Crippen molar-refractivity contribution in [1.29, 1.82) is 0 Å². The van der Waals surface area contributed by atoms with Crippen LogP contribution >= 0.6 is 0 Å². The third kappa shape index (κ3) is 38.3. The van der Waals surface area contributed by atoms with E-state index in [-0.39, 0.29) is 76.0 Å². The molecule has 0 aliphatic heterocycles. The van der Waals surface area contributed by atoms with E-state index in [2.05, 4.69) is 96.2 Å². The lowest BCUT2D eigenvalue weighted by Gasteiger charge is -2.29. The topological polar surface area (TPSA) is 816 Å². The maximum Gasteiger partial charge on any atom is 0.326 e. The number of unbranched alkanes of at least 4 members (excludes halogenated alkanes) is 1. The number of aromatic nitrogens is 1. The Labute approximate surface area is 739 Å². The Kier molecular flexibility index (Phi) is 46.1. The number of carbonyl (C=O) groups excluding carboxylic acids is 15. The van der Waals surface area contributed by atoms with Gasteiger partial charge in [0.05, 0.1) is 32.7 Å². The minimum atomic E-state index is -2.11. The van der Waals surface area contributed by atoms with Crippen molar-refractivity contribution < 1.29 is 143 Å². The van der Waals surface area contributed by atoms with E-state index in [9.17, 15) is 132 Å². The summed E-state index contributed by atoms with van der Waals surface area (Å²) in [6.07, 6.45) is -5.29. The zero-order valence-corrected chi connectivity index (χ0v) is 71.8. The Hall–Kier alpha value is -13.6. The van der Waals surface area contributed by atoms with Gasteiger partial charge in [-0.3, -0.25) is 91.6 Å². The molecule has 0 fully saturated rings. The standard InChI is InChI=1S/C81H119N21O27/c1-5-41(4)67(79(127)97-54(31-42-15-19-45(105)20-16-42)74(122)98-57(80(128)129)32-43-17-21-46(106)22-18-43)102-73(121)53(25-28-65(114)115)94-75(123)56(34-60(84)107)96-71(119)52(24-27-64(112)113)95-78(126)66(40(2)3)101-76(124)55(33-44-36-88-48-12-7-6-11-47(44)48)91-62(109)37-89-68(116)58(38-103)99-72(120)51(23-26-63(110)111)93-70(118)50(13-8-9-29-82)92-77(125)59(39-104)100-69(117)49(90-61(108)35-83)14-10-30-87-81(85)86/h6-7,11-12,15-22,36,40-41,49-59,66-67,81,87-88,103-106H,5,8-10,13-14,23-35,37-39,82-83,85-86H2,1-4H3,(H2,84,107)(H,89,116)(H,90,108)(H,91,109)(H,92,125)(H,93,118)(H,94,123)(H,95,126)(H,96,119)(H,97,127)(H,98,122)(H,99,120)(H,100,117)(H,101,124)(H,102,121)(H,110,111)(H,112,113)(H,114,115)(H,128,129)/p+2/t41-,49-,50-,51-,52-,53-,54-,55-,56-,57-,58-,59-,66-,67-/m0/s1. The van der Waals surface area contributed by atoms with Crippen LogP contribution in [0.4, 0.5) is 0 Å². The van der Waals surface area contributed by atoms with Crippen molar-refractivity contribution in [3.8, 4) is 11.5 Å². The molecule has 1 aromatic heterocycles. The smallest absolute Gasteiger partial charge is 0.326 e. The van der Waals surface area contributed by atoms with Crippen LogP contribution < -0.4 is 108 Å². The van der Waals surface area contributed by atoms with Crippen molar-refractivity contribution in [3.63, 3.8) is 0 Å². The molecule has 0 radical (unpaired) electrons. The largest absolute Gasteiger partial charge is 0.508 e. The van der Waals surface area contributed by atoms with Gasteiger partial charge in [-0.15, -0.1) is 0 Å². The number of H-pyrrole nitrogens is 1. The van der Waals surface area contributed by atoms with Crippen molar-refractivity contribution >= 4 is 123 Å². The average Bonchev–Trinajstić information content (AvgIpc) is 1.70. The first-order valence-corrected chi connectivity index (χ1v) is 41.5. The molecule has 0 aliphatic carbocycles. The van der Waals surface area contributed by atoms with Gasteiger partial charge in [0.2, 0.25) is 82.7 Å². The number of amides is 15. The number of nitrogens with two attached hydrogens (primary N) is 3. The molecule has 0 unspecified atom stereocenters. The van der Waals surface area contributed by atoms with Gasteiger partial charge in [-0.05, 0) is 117 Å². The summed E-state index contributed by atoms with van der Waals surface area (Å²) in [5, 5.41) is 116. The number of hydrogen-bond donors (Lipinski definition) is 29. The molecule has 129 heavy (non-hydrogen) atoms. The van der Waals surface area contributed by atoms with Crippen LogP contribution in [0.2, 0.25) is 0 Å². The minimum absolute atomic E-state index is 0.00309. The van der Waals surface area contributed by atoms with E-state index in [4.69, 9.17) is 17.2 Å². The molecule has 0 saturated heterocycles. The molecule has 4 rings (SSSR count). The van der Waals surface area contributed by atoms with Crippen LogP contribution in [-0.4, -0.2) is 283 Å². The lowest BCUT2D eigenvalue weighted by molar-refractivity contribution is -0.368. The Morgan fingerprint density at radius 2 is 0.806 bits per heavy atom. The van der Waals surface area contributed by atoms with Crippen molar-refractivity contribution in [3.05, 3.63) is 95.7 Å². The molecule has 0 bridgehead atoms. The summed E-state index contributed by atoms with van der Waals surface area (Å²) in [7, 11) is 0. The fraction of sp³-hybridized carbons (Fsp3) is 0.519. The average molecular weight is 1820 g/mol. The molecule has 48 nitrogen and oxygen atoms in total. The van der Waals surface area contributed by atoms with Crippen molar-refractivity contribution in [2.45, 2.75) is 215 Å². The van der Waals surface area contributed by atoms with Gasteiger partial charge in [-0.1, -0.05) is 76.6 Å². The highest BCUT2D eigenvalue weighted by molar-refractivity contribution is 6.01. The van der Waals surface area contributed by atoms with Gasteiger partial charge in [0.15, 0.2) is 6.54 Å². The van der Waals surface area contributed by atoms with Gasteiger partial charge in [0.25, 0.3) is 5.91 Å². The SMILES string of the molecule is CC[C@H](C)[C@H](NC(=O)[C@H](CCC(=O)O)NC(=O)[C@H](CC(N)=O)NC(=O)[C@H](CCC(=O)O)NC(=O)[C@@H](NC(=O)[C@H](Cc1c[nH]c2ccccc12)NC(=O)CNC(=O)[C@H](CO)NC(=O)[C@H](CCC(=O)O)NC(=O)[C@H](CCCC[NH3+])NC(=O)[C@H](CO)NC(=O)[C@H](CCCNC(N)N)NC(=O)C[NH3+])C(C)C)C(=O)N[C@@H](Cc1ccc(O)cc1)C(=O)N[C@@H](Cc1ccc(O)cc1)C(=O)O. The van der Waals surface area contributed by atoms with Crippen LogP contribution in [0.1, 0.15) is 128 Å². The molecule has 48 heteroatoms. The third-order valence-electron chi connectivity index (χ3n) is 20.3. The quantitative estimate of drug-likeness (QED) is 0.0144. The second-order valence-electron chi connectivity index (χ2n) is 30.8. The molecule has 4 aromatic rings. The number of hydrogen-bond acceptors (Lipinski definition) is 26. The Bertz CT molecular complexity index is 4520. The van der Waals surface area contributed by atoms with Crippen LogP contribution in [-0.2, 0) is 110 Å². The fourth-order valence-corrected chi connectivity index (χ4v) is 12.9. The summed E-state index contributed by atoms with van der Waals surface area (Å²) in [6.45, 7) is 3.03. The number of benzene rings is 3. The molecular weight excluding hydrogens is 1700 g/mol. The van der Waals surface area contributed by atoms with Crippen LogP contribution in [0.25, 0.3) is 10.9 Å². The van der Waals surface area contributed by atoms with Gasteiger partial charge >= 0.3 is 23.9 Å². The number of phenols is 2. The van der Waals surface area contributed by atoms with Gasteiger partial charge in [-0.2, -0.15) is 0 Å². The highest BCUT2D eigenvalue weighted by atomic mass is 16.4. The number of aromatic hydroxyl groups is 2. The summed E-state index contributed by atoms with van der Waals surface area (Å²) >= 11 is 0. The number of rotatable bonds is 60. The van der Waals surface area contributed by atoms with Crippen molar-refractivity contribution in [1.82, 2.24) is 84.7 Å². The summed E-state index contributed by atoms with van der Waals surface area (Å²) in [4.78, 5) is 261. The number of carboxylic acid groups (broad SMARTS) is 4. The van der Waals surface area contributed by atoms with Gasteiger partial charge < -0.3 is 149 Å². The first kappa shape index (κ1) is 108. The van der Waals surface area contributed by atoms with Gasteiger partial charge in [0.1, 0.15) is 96.3 Å². The van der Waals surface area contributed by atoms with Crippen LogP contribution in [0.15, 0.2) is 79.0 Å². The van der Waals surface area contributed by atoms with Crippen molar-refractivity contribution in [2.75, 3.05) is 39.4 Å². The number of phenolic OH excluding ortho intramolecular Hbond substituents is 2. The summed E-state index contributed by atoms with van der Waals surface area (Å²) < 4.78 is 0. The number of fused-ring (bicyclic) bond motifs is 1. The number of carbonyl (C=O) groups is 19. The number of aromatic amines is 1. The summed E-state index contributed by atoms with van der Waals surface area (Å²) in [5.74, 6) is -25.1. The van der Waals surface area contributed by atoms with Crippen LogP contribution in [0.5, 0.6) is 11.5 Å². The fourth-order valence-electron chi connectivity index (χ4n) is 12.9. The predicted molar refractivity (Wildman–Crippen MR) is 453 cm³/mol. The van der Waals surface area contributed by atoms with Gasteiger partial charge in [0, 0.05) is 55.6 Å². The van der Waals surface area contributed by atoms with E-state index >= 15 is 0 Å². The van der Waals surface area contributed by atoms with Crippen LogP contribution in [0, 0.1) is 11.8 Å². The zero-order valence-electron chi connectivity index (χ0n) is 71.8. The number of para-hydroxylation sites is 1. The van der Waals surface area contributed by atoms with E-state index < -0.39 is 274 Å². The maximum atomic E-state index is 14.7.